The van der Waals surface area contributed by atoms with Crippen LogP contribution in [-0.2, 0) is 0 Å². The van der Waals surface area contributed by atoms with Crippen LogP contribution in [-0.4, -0.2) is 12.1 Å². The third-order valence-electron chi connectivity index (χ3n) is 3.65. The Bertz CT molecular complexity index is 139. The first-order valence-electron chi connectivity index (χ1n) is 6.25. The molecule has 0 heterocycles. The Morgan fingerprint density at radius 2 is 1.71 bits per heavy atom. The van der Waals surface area contributed by atoms with Crippen molar-refractivity contribution in [3.63, 3.8) is 0 Å². The van der Waals surface area contributed by atoms with E-state index in [2.05, 4.69) is 6.92 Å². The molecule has 0 spiro atoms. The summed E-state index contributed by atoms with van der Waals surface area (Å²) in [7, 11) is 0. The molecule has 1 rings (SSSR count). The molecule has 1 saturated carbocycles. The Morgan fingerprint density at radius 3 is 2.29 bits per heavy atom. The van der Waals surface area contributed by atoms with Gasteiger partial charge in [0.1, 0.15) is 0 Å². The van der Waals surface area contributed by atoms with Crippen molar-refractivity contribution in [1.29, 1.82) is 0 Å². The molecular formula is C12H26N2. The second kappa shape index (κ2) is 6.41. The van der Waals surface area contributed by atoms with Gasteiger partial charge >= 0.3 is 0 Å². The molecule has 14 heavy (non-hydrogen) atoms. The lowest BCUT2D eigenvalue weighted by molar-refractivity contribution is 0.314. The fourth-order valence-corrected chi connectivity index (χ4v) is 2.42. The van der Waals surface area contributed by atoms with Gasteiger partial charge in [-0.15, -0.1) is 0 Å². The molecule has 0 aliphatic heterocycles. The highest BCUT2D eigenvalue weighted by Crippen LogP contribution is 2.27. The zero-order valence-electron chi connectivity index (χ0n) is 9.54. The maximum absolute atomic E-state index is 6.02. The van der Waals surface area contributed by atoms with E-state index in [1.54, 1.807) is 0 Å². The third kappa shape index (κ3) is 3.97. The van der Waals surface area contributed by atoms with Crippen molar-refractivity contribution in [3.05, 3.63) is 0 Å². The molecule has 0 aromatic heterocycles. The predicted molar refractivity (Wildman–Crippen MR) is 62.1 cm³/mol. The monoisotopic (exact) mass is 198 g/mol. The third-order valence-corrected chi connectivity index (χ3v) is 3.65. The normalized spacial score (nSPS) is 23.4. The van der Waals surface area contributed by atoms with Crippen LogP contribution >= 0.6 is 0 Å². The van der Waals surface area contributed by atoms with E-state index >= 15 is 0 Å². The minimum atomic E-state index is 0.207. The van der Waals surface area contributed by atoms with Gasteiger partial charge in [-0.2, -0.15) is 0 Å². The van der Waals surface area contributed by atoms with Gasteiger partial charge in [-0.1, -0.05) is 39.0 Å². The summed E-state index contributed by atoms with van der Waals surface area (Å²) in [4.78, 5) is 0. The van der Waals surface area contributed by atoms with Gasteiger partial charge < -0.3 is 11.5 Å². The van der Waals surface area contributed by atoms with Crippen LogP contribution in [0.25, 0.3) is 0 Å². The van der Waals surface area contributed by atoms with Crippen molar-refractivity contribution in [2.24, 2.45) is 17.4 Å². The van der Waals surface area contributed by atoms with Gasteiger partial charge in [-0.3, -0.25) is 0 Å². The summed E-state index contributed by atoms with van der Waals surface area (Å²) in [5.41, 5.74) is 11.9. The SMILES string of the molecule is CCC(N)C(N)CCC1CCCCC1. The largest absolute Gasteiger partial charge is 0.326 e. The summed E-state index contributed by atoms with van der Waals surface area (Å²) in [5.74, 6) is 0.943. The van der Waals surface area contributed by atoms with Gasteiger partial charge in [0.05, 0.1) is 0 Å². The van der Waals surface area contributed by atoms with Gasteiger partial charge in [-0.25, -0.2) is 0 Å². The molecule has 0 aromatic carbocycles. The van der Waals surface area contributed by atoms with Crippen molar-refractivity contribution in [2.75, 3.05) is 0 Å². The lowest BCUT2D eigenvalue weighted by Crippen LogP contribution is -2.41. The van der Waals surface area contributed by atoms with Crippen LogP contribution in [0.3, 0.4) is 0 Å². The number of rotatable bonds is 5. The minimum absolute atomic E-state index is 0.207. The predicted octanol–water partition coefficient (Wildman–Crippen LogP) is 2.41. The van der Waals surface area contributed by atoms with Gasteiger partial charge in [0, 0.05) is 12.1 Å². The van der Waals surface area contributed by atoms with E-state index in [1.165, 1.54) is 38.5 Å². The van der Waals surface area contributed by atoms with E-state index in [4.69, 9.17) is 11.5 Å². The maximum Gasteiger partial charge on any atom is 0.0192 e. The molecular weight excluding hydrogens is 172 g/mol. The van der Waals surface area contributed by atoms with Crippen molar-refractivity contribution < 1.29 is 0 Å². The number of hydrogen-bond acceptors (Lipinski definition) is 2. The zero-order chi connectivity index (χ0) is 10.4. The Morgan fingerprint density at radius 1 is 1.07 bits per heavy atom. The van der Waals surface area contributed by atoms with E-state index in [-0.39, 0.29) is 12.1 Å². The highest BCUT2D eigenvalue weighted by atomic mass is 14.8. The van der Waals surface area contributed by atoms with Gasteiger partial charge in [-0.05, 0) is 25.2 Å². The highest BCUT2D eigenvalue weighted by Gasteiger charge is 2.16. The molecule has 1 fully saturated rings. The summed E-state index contributed by atoms with van der Waals surface area (Å²) in [5, 5.41) is 0. The van der Waals surface area contributed by atoms with Crippen molar-refractivity contribution in [1.82, 2.24) is 0 Å². The molecule has 1 aliphatic carbocycles. The molecule has 0 bridgehead atoms. The minimum Gasteiger partial charge on any atom is -0.326 e. The van der Waals surface area contributed by atoms with E-state index < -0.39 is 0 Å². The summed E-state index contributed by atoms with van der Waals surface area (Å²) in [6.07, 6.45) is 10.6. The second-order valence-corrected chi connectivity index (χ2v) is 4.82. The number of hydrogen-bond donors (Lipinski definition) is 2. The molecule has 0 amide bonds. The number of nitrogens with two attached hydrogens (primary N) is 2. The fraction of sp³-hybridized carbons (Fsp3) is 1.00. The first-order valence-corrected chi connectivity index (χ1v) is 6.25. The topological polar surface area (TPSA) is 52.0 Å². The maximum atomic E-state index is 6.02. The lowest BCUT2D eigenvalue weighted by Gasteiger charge is -2.24. The molecule has 0 aromatic rings. The van der Waals surface area contributed by atoms with E-state index in [0.29, 0.717) is 0 Å². The molecule has 2 heteroatoms. The van der Waals surface area contributed by atoms with Crippen LogP contribution in [0.2, 0.25) is 0 Å². The van der Waals surface area contributed by atoms with E-state index in [0.717, 1.165) is 18.8 Å². The van der Waals surface area contributed by atoms with Gasteiger partial charge in [0.15, 0.2) is 0 Å². The van der Waals surface area contributed by atoms with Crippen LogP contribution < -0.4 is 11.5 Å². The second-order valence-electron chi connectivity index (χ2n) is 4.82. The average Bonchev–Trinajstić information content (AvgIpc) is 2.26. The Kier molecular flexibility index (Phi) is 5.49. The molecule has 2 atom stereocenters. The molecule has 2 unspecified atom stereocenters. The lowest BCUT2D eigenvalue weighted by atomic mass is 9.84. The first kappa shape index (κ1) is 12.0. The smallest absolute Gasteiger partial charge is 0.0192 e. The molecule has 0 radical (unpaired) electrons. The first-order chi connectivity index (χ1) is 6.74. The van der Waals surface area contributed by atoms with Crippen LogP contribution in [0.1, 0.15) is 58.3 Å². The molecule has 1 aliphatic rings. The Hall–Kier alpha value is -0.0800. The van der Waals surface area contributed by atoms with Crippen molar-refractivity contribution >= 4 is 0 Å². The average molecular weight is 198 g/mol. The summed E-state index contributed by atoms with van der Waals surface area (Å²) in [6, 6.07) is 0.431. The quantitative estimate of drug-likeness (QED) is 0.713. The van der Waals surface area contributed by atoms with Crippen molar-refractivity contribution in [3.8, 4) is 0 Å². The van der Waals surface area contributed by atoms with Crippen LogP contribution in [0.4, 0.5) is 0 Å². The molecule has 4 N–H and O–H groups in total. The van der Waals surface area contributed by atoms with Crippen LogP contribution in [0, 0.1) is 5.92 Å². The van der Waals surface area contributed by atoms with Gasteiger partial charge in [0.25, 0.3) is 0 Å². The van der Waals surface area contributed by atoms with Crippen molar-refractivity contribution in [2.45, 2.75) is 70.4 Å². The summed E-state index contributed by atoms with van der Waals surface area (Å²) < 4.78 is 0. The van der Waals surface area contributed by atoms with Gasteiger partial charge in [0.2, 0.25) is 0 Å². The molecule has 0 saturated heterocycles. The summed E-state index contributed by atoms with van der Waals surface area (Å²) in [6.45, 7) is 2.12. The Labute approximate surface area is 88.4 Å². The van der Waals surface area contributed by atoms with E-state index in [9.17, 15) is 0 Å². The molecule has 2 nitrogen and oxygen atoms in total. The van der Waals surface area contributed by atoms with Crippen LogP contribution in [0.15, 0.2) is 0 Å². The highest BCUT2D eigenvalue weighted by molar-refractivity contribution is 4.76. The Balaban J connectivity index is 2.12. The fourth-order valence-electron chi connectivity index (χ4n) is 2.42. The molecule has 84 valence electrons. The van der Waals surface area contributed by atoms with Crippen LogP contribution in [0.5, 0.6) is 0 Å². The summed E-state index contributed by atoms with van der Waals surface area (Å²) >= 11 is 0. The van der Waals surface area contributed by atoms with E-state index in [1.807, 2.05) is 0 Å². The zero-order valence-corrected chi connectivity index (χ0v) is 9.54. The standard InChI is InChI=1S/C12H26N2/c1-2-11(13)12(14)9-8-10-6-4-3-5-7-10/h10-12H,2-9,13-14H2,1H3.